The van der Waals surface area contributed by atoms with Crippen LogP contribution in [0.3, 0.4) is 0 Å². The van der Waals surface area contributed by atoms with Crippen molar-refractivity contribution in [2.45, 2.75) is 0 Å². The van der Waals surface area contributed by atoms with Gasteiger partial charge in [-0.25, -0.2) is 4.79 Å². The Kier molecular flexibility index (Phi) is 2.01. The highest BCUT2D eigenvalue weighted by atomic mass is 16.7. The molecule has 86 valence electrons. The zero-order chi connectivity index (χ0) is 11.8. The van der Waals surface area contributed by atoms with Gasteiger partial charge in [0.05, 0.1) is 0 Å². The first-order valence-electron chi connectivity index (χ1n) is 4.96. The molecule has 1 saturated heterocycles. The van der Waals surface area contributed by atoms with E-state index in [-0.39, 0.29) is 12.5 Å². The van der Waals surface area contributed by atoms with Gasteiger partial charge in [0, 0.05) is 0 Å². The second-order valence-corrected chi connectivity index (χ2v) is 3.58. The average molecular weight is 232 g/mol. The summed E-state index contributed by atoms with van der Waals surface area (Å²) < 4.78 is 10.4. The van der Waals surface area contributed by atoms with Crippen molar-refractivity contribution in [3.05, 3.63) is 29.5 Å². The SMILES string of the molecule is O=C1NC(=O)/C(=C\c2ccc3c(c2)OCO3)N1. The molecule has 0 saturated carbocycles. The van der Waals surface area contributed by atoms with Crippen molar-refractivity contribution in [3.8, 4) is 11.5 Å². The number of nitrogens with one attached hydrogen (secondary N) is 2. The lowest BCUT2D eigenvalue weighted by molar-refractivity contribution is -0.115. The number of amides is 3. The molecule has 2 heterocycles. The van der Waals surface area contributed by atoms with Crippen LogP contribution in [0, 0.1) is 0 Å². The fourth-order valence-electron chi connectivity index (χ4n) is 1.65. The molecule has 3 rings (SSSR count). The largest absolute Gasteiger partial charge is 0.454 e. The Labute approximate surface area is 96.2 Å². The van der Waals surface area contributed by atoms with E-state index in [0.717, 1.165) is 5.56 Å². The smallest absolute Gasteiger partial charge is 0.326 e. The summed E-state index contributed by atoms with van der Waals surface area (Å²) in [6.07, 6.45) is 1.57. The Hall–Kier alpha value is -2.50. The molecule has 0 radical (unpaired) electrons. The van der Waals surface area contributed by atoms with E-state index < -0.39 is 11.9 Å². The number of carbonyl (C=O) groups excluding carboxylic acids is 2. The van der Waals surface area contributed by atoms with E-state index in [9.17, 15) is 9.59 Å². The second-order valence-electron chi connectivity index (χ2n) is 3.58. The van der Waals surface area contributed by atoms with E-state index in [1.807, 2.05) is 0 Å². The number of fused-ring (bicyclic) bond motifs is 1. The molecule has 0 unspecified atom stereocenters. The van der Waals surface area contributed by atoms with Crippen LogP contribution in [-0.2, 0) is 4.79 Å². The number of urea groups is 1. The maximum atomic E-state index is 11.3. The van der Waals surface area contributed by atoms with Gasteiger partial charge in [-0.1, -0.05) is 6.07 Å². The van der Waals surface area contributed by atoms with Gasteiger partial charge in [0.2, 0.25) is 6.79 Å². The summed E-state index contributed by atoms with van der Waals surface area (Å²) >= 11 is 0. The number of carbonyl (C=O) groups is 2. The van der Waals surface area contributed by atoms with Gasteiger partial charge in [0.1, 0.15) is 5.70 Å². The molecule has 3 amide bonds. The highest BCUT2D eigenvalue weighted by Crippen LogP contribution is 2.33. The molecule has 0 bridgehead atoms. The zero-order valence-electron chi connectivity index (χ0n) is 8.65. The third-order valence-electron chi connectivity index (χ3n) is 2.43. The van der Waals surface area contributed by atoms with Crippen LogP contribution in [0.25, 0.3) is 6.08 Å². The quantitative estimate of drug-likeness (QED) is 0.549. The van der Waals surface area contributed by atoms with Crippen LogP contribution in [0.15, 0.2) is 23.9 Å². The molecule has 1 aromatic rings. The van der Waals surface area contributed by atoms with Gasteiger partial charge in [-0.3, -0.25) is 10.1 Å². The summed E-state index contributed by atoms with van der Waals surface area (Å²) in [7, 11) is 0. The molecular formula is C11H8N2O4. The Bertz CT molecular complexity index is 550. The summed E-state index contributed by atoms with van der Waals surface area (Å²) in [5, 5.41) is 4.54. The van der Waals surface area contributed by atoms with Crippen molar-refractivity contribution in [2.24, 2.45) is 0 Å². The highest BCUT2D eigenvalue weighted by Gasteiger charge is 2.23. The highest BCUT2D eigenvalue weighted by molar-refractivity contribution is 6.13. The van der Waals surface area contributed by atoms with Crippen molar-refractivity contribution in [1.29, 1.82) is 0 Å². The molecule has 0 aromatic heterocycles. The Balaban J connectivity index is 1.93. The van der Waals surface area contributed by atoms with E-state index in [0.29, 0.717) is 11.5 Å². The van der Waals surface area contributed by atoms with E-state index in [1.54, 1.807) is 24.3 Å². The lowest BCUT2D eigenvalue weighted by Crippen LogP contribution is -2.22. The predicted molar refractivity (Wildman–Crippen MR) is 57.2 cm³/mol. The summed E-state index contributed by atoms with van der Waals surface area (Å²) in [6, 6.07) is 4.76. The maximum absolute atomic E-state index is 11.3. The minimum absolute atomic E-state index is 0.201. The van der Waals surface area contributed by atoms with Crippen molar-refractivity contribution in [1.82, 2.24) is 10.6 Å². The average Bonchev–Trinajstić information content (AvgIpc) is 2.85. The molecule has 6 heteroatoms. The van der Waals surface area contributed by atoms with Gasteiger partial charge >= 0.3 is 6.03 Å². The summed E-state index contributed by atoms with van der Waals surface area (Å²) in [4.78, 5) is 22.2. The molecule has 6 nitrogen and oxygen atoms in total. The molecule has 0 aliphatic carbocycles. The van der Waals surface area contributed by atoms with Crippen LogP contribution in [-0.4, -0.2) is 18.7 Å². The topological polar surface area (TPSA) is 76.7 Å². The van der Waals surface area contributed by atoms with Gasteiger partial charge in [-0.15, -0.1) is 0 Å². The van der Waals surface area contributed by atoms with Gasteiger partial charge < -0.3 is 14.8 Å². The minimum Gasteiger partial charge on any atom is -0.454 e. The number of hydrogen-bond donors (Lipinski definition) is 2. The monoisotopic (exact) mass is 232 g/mol. The van der Waals surface area contributed by atoms with Crippen LogP contribution >= 0.6 is 0 Å². The molecule has 17 heavy (non-hydrogen) atoms. The molecule has 1 fully saturated rings. The predicted octanol–water partition coefficient (Wildman–Crippen LogP) is 0.596. The number of rotatable bonds is 1. The molecule has 0 spiro atoms. The fourth-order valence-corrected chi connectivity index (χ4v) is 1.65. The van der Waals surface area contributed by atoms with Crippen LogP contribution in [0.1, 0.15) is 5.56 Å². The van der Waals surface area contributed by atoms with Crippen LogP contribution in [0.5, 0.6) is 11.5 Å². The van der Waals surface area contributed by atoms with Gasteiger partial charge in [-0.05, 0) is 23.8 Å². The summed E-state index contributed by atoms with van der Waals surface area (Å²) in [5.74, 6) is 0.865. The first-order valence-corrected chi connectivity index (χ1v) is 4.96. The van der Waals surface area contributed by atoms with Crippen molar-refractivity contribution < 1.29 is 19.1 Å². The van der Waals surface area contributed by atoms with Gasteiger partial charge in [0.25, 0.3) is 5.91 Å². The molecule has 0 atom stereocenters. The van der Waals surface area contributed by atoms with E-state index in [1.165, 1.54) is 0 Å². The lowest BCUT2D eigenvalue weighted by atomic mass is 10.1. The van der Waals surface area contributed by atoms with Crippen molar-refractivity contribution >= 4 is 18.0 Å². The first-order chi connectivity index (χ1) is 8.22. The van der Waals surface area contributed by atoms with Crippen molar-refractivity contribution in [3.63, 3.8) is 0 Å². The van der Waals surface area contributed by atoms with Gasteiger partial charge in [-0.2, -0.15) is 0 Å². The minimum atomic E-state index is -0.512. The molecule has 2 aliphatic rings. The molecule has 1 aromatic carbocycles. The van der Waals surface area contributed by atoms with Crippen LogP contribution in [0.4, 0.5) is 4.79 Å². The van der Waals surface area contributed by atoms with E-state index in [2.05, 4.69) is 10.6 Å². The van der Waals surface area contributed by atoms with Gasteiger partial charge in [0.15, 0.2) is 11.5 Å². The standard InChI is InChI=1S/C11H8N2O4/c14-10-7(12-11(15)13-10)3-6-1-2-8-9(4-6)17-5-16-8/h1-4H,5H2,(H2,12,13,14,15)/b7-3+. The Morgan fingerprint density at radius 2 is 1.94 bits per heavy atom. The Morgan fingerprint density at radius 1 is 1.12 bits per heavy atom. The van der Waals surface area contributed by atoms with E-state index >= 15 is 0 Å². The van der Waals surface area contributed by atoms with Crippen LogP contribution < -0.4 is 20.1 Å². The molecular weight excluding hydrogens is 224 g/mol. The number of ether oxygens (including phenoxy) is 2. The second kappa shape index (κ2) is 3.51. The van der Waals surface area contributed by atoms with E-state index in [4.69, 9.17) is 9.47 Å². The maximum Gasteiger partial charge on any atom is 0.326 e. The fraction of sp³-hybridized carbons (Fsp3) is 0.0909. The zero-order valence-corrected chi connectivity index (χ0v) is 8.65. The lowest BCUT2D eigenvalue weighted by Gasteiger charge is -1.98. The molecule has 2 N–H and O–H groups in total. The third kappa shape index (κ3) is 1.69. The number of hydrogen-bond acceptors (Lipinski definition) is 4. The number of benzene rings is 1. The first kappa shape index (κ1) is 9.71. The summed E-state index contributed by atoms with van der Waals surface area (Å²) in [5.41, 5.74) is 0.968. The third-order valence-corrected chi connectivity index (χ3v) is 2.43. The Morgan fingerprint density at radius 3 is 2.71 bits per heavy atom. The number of imide groups is 1. The normalized spacial score (nSPS) is 19.4. The van der Waals surface area contributed by atoms with Crippen molar-refractivity contribution in [2.75, 3.05) is 6.79 Å². The molecule has 2 aliphatic heterocycles. The summed E-state index contributed by atoms with van der Waals surface area (Å²) in [6.45, 7) is 0.201. The van der Waals surface area contributed by atoms with Crippen LogP contribution in [0.2, 0.25) is 0 Å².